The molecule has 0 spiro atoms. The van der Waals surface area contributed by atoms with E-state index in [-0.39, 0.29) is 43.6 Å². The van der Waals surface area contributed by atoms with Gasteiger partial charge in [0, 0.05) is 28.5 Å². The standard InChI is InChI=1S/C26H23ClN4O5.C19H22ClNO3.C9H7N3O3/c27-19-6-4-5-18(14-19)17-11-9-16(10-12-17)13-20(15-22(32)25(34)35)28-24(33)23-29-26(36)31(30-23)21-7-2-1-3-8-21;1-2-24-19(23)18(22)12-17(21)10-13-6-8-14(9-7-13)15-4-3-5-16(20)11-15;13-8(14)7-10-9(15)12(11-7)6-4-2-1-3-5-6/h1-12,14,20,22,32H,13,15H2,(H,28,33)(H,34,35)(H,29,30,36);3-9,11,17-18,22H,2,10,12,21H2,1H3;1-5H,(H,13,14)(H,10,11,15)/t20-,22-;17-,18-;/m11./s1. The van der Waals surface area contributed by atoms with Crippen LogP contribution in [0.25, 0.3) is 33.6 Å². The number of aliphatic hydroxyl groups is 2. The highest BCUT2D eigenvalue weighted by atomic mass is 35.5. The topological polar surface area (TPSA) is 298 Å². The summed E-state index contributed by atoms with van der Waals surface area (Å²) in [4.78, 5) is 74.3. The van der Waals surface area contributed by atoms with Gasteiger partial charge < -0.3 is 36.2 Å². The van der Waals surface area contributed by atoms with Gasteiger partial charge in [-0.15, -0.1) is 10.2 Å². The molecule has 4 atom stereocenters. The minimum absolute atomic E-state index is 0.175. The fourth-order valence-corrected chi connectivity index (χ4v) is 7.83. The number of aliphatic hydroxyl groups excluding tert-OH is 2. The minimum Gasteiger partial charge on any atom is -0.479 e. The number of aromatic amines is 2. The Morgan fingerprint density at radius 2 is 1.08 bits per heavy atom. The average Bonchev–Trinajstić information content (AvgIpc) is 4.00. The maximum Gasteiger partial charge on any atom is 0.373 e. The second-order valence-corrected chi connectivity index (χ2v) is 17.6. The zero-order valence-electron chi connectivity index (χ0n) is 40.1. The highest BCUT2D eigenvalue weighted by molar-refractivity contribution is 6.31. The number of carboxylic acids is 2. The molecule has 75 heavy (non-hydrogen) atoms. The van der Waals surface area contributed by atoms with Gasteiger partial charge in [0.15, 0.2) is 12.2 Å². The van der Waals surface area contributed by atoms with Crippen molar-refractivity contribution in [3.05, 3.63) is 212 Å². The fourth-order valence-electron chi connectivity index (χ4n) is 7.45. The molecule has 8 aromatic rings. The van der Waals surface area contributed by atoms with Crippen molar-refractivity contribution >= 4 is 47.0 Å². The van der Waals surface area contributed by atoms with E-state index in [0.29, 0.717) is 27.8 Å². The molecular weight excluding hydrogens is 1010 g/mol. The predicted octanol–water partition coefficient (Wildman–Crippen LogP) is 6.51. The Bertz CT molecular complexity index is 3290. The monoisotopic (exact) mass is 1060 g/mol. The predicted molar refractivity (Wildman–Crippen MR) is 281 cm³/mol. The van der Waals surface area contributed by atoms with Crippen LogP contribution in [0.2, 0.25) is 10.0 Å². The Labute approximate surface area is 438 Å². The van der Waals surface area contributed by atoms with Crippen molar-refractivity contribution in [3.8, 4) is 33.6 Å². The normalized spacial score (nSPS) is 12.3. The van der Waals surface area contributed by atoms with Crippen LogP contribution in [0, 0.1) is 0 Å². The van der Waals surface area contributed by atoms with E-state index in [1.165, 1.54) is 0 Å². The molecule has 8 rings (SSSR count). The zero-order valence-corrected chi connectivity index (χ0v) is 41.6. The molecule has 0 fully saturated rings. The lowest BCUT2D eigenvalue weighted by Gasteiger charge is -2.20. The summed E-state index contributed by atoms with van der Waals surface area (Å²) in [6.07, 6.45) is -2.09. The molecule has 0 aliphatic rings. The quantitative estimate of drug-likeness (QED) is 0.0425. The van der Waals surface area contributed by atoms with Gasteiger partial charge in [0.25, 0.3) is 5.91 Å². The molecule has 0 aliphatic heterocycles. The highest BCUT2D eigenvalue weighted by Crippen LogP contribution is 2.25. The van der Waals surface area contributed by atoms with Crippen molar-refractivity contribution in [2.75, 3.05) is 6.61 Å². The summed E-state index contributed by atoms with van der Waals surface area (Å²) in [5, 5.41) is 49.2. The van der Waals surface area contributed by atoms with Crippen LogP contribution >= 0.6 is 23.2 Å². The first-order chi connectivity index (χ1) is 36.0. The van der Waals surface area contributed by atoms with Crippen LogP contribution in [-0.2, 0) is 27.2 Å². The number of aromatic nitrogens is 6. The van der Waals surface area contributed by atoms with E-state index in [1.807, 2.05) is 91.0 Å². The van der Waals surface area contributed by atoms with Crippen LogP contribution in [0.15, 0.2) is 167 Å². The summed E-state index contributed by atoms with van der Waals surface area (Å²) in [5.41, 5.74) is 11.7. The van der Waals surface area contributed by atoms with Crippen molar-refractivity contribution < 1.29 is 44.3 Å². The number of nitrogens with zero attached hydrogens (tertiary/aromatic N) is 4. The number of hydrogen-bond donors (Lipinski definition) is 8. The first-order valence-corrected chi connectivity index (χ1v) is 24.0. The number of aromatic carboxylic acids is 1. The van der Waals surface area contributed by atoms with Gasteiger partial charge >= 0.3 is 29.3 Å². The Morgan fingerprint density at radius 3 is 1.52 bits per heavy atom. The summed E-state index contributed by atoms with van der Waals surface area (Å²) < 4.78 is 6.84. The molecule has 0 unspecified atom stereocenters. The van der Waals surface area contributed by atoms with Crippen molar-refractivity contribution in [1.29, 1.82) is 0 Å². The summed E-state index contributed by atoms with van der Waals surface area (Å²) in [6.45, 7) is 1.95. The number of carbonyl (C=O) groups is 4. The number of esters is 1. The molecule has 21 heteroatoms. The Kier molecular flexibility index (Phi) is 20.1. The lowest BCUT2D eigenvalue weighted by atomic mass is 9.98. The molecule has 0 aliphatic carbocycles. The first-order valence-electron chi connectivity index (χ1n) is 23.2. The number of carbonyl (C=O) groups excluding carboxylic acids is 2. The lowest BCUT2D eigenvalue weighted by molar-refractivity contribution is -0.153. The number of nitrogens with two attached hydrogens (primary N) is 1. The van der Waals surface area contributed by atoms with Gasteiger partial charge in [-0.2, -0.15) is 9.36 Å². The van der Waals surface area contributed by atoms with Crippen molar-refractivity contribution in [3.63, 3.8) is 0 Å². The number of para-hydroxylation sites is 2. The van der Waals surface area contributed by atoms with E-state index >= 15 is 0 Å². The maximum absolute atomic E-state index is 12.9. The zero-order chi connectivity index (χ0) is 54.0. The van der Waals surface area contributed by atoms with Crippen molar-refractivity contribution in [2.45, 2.75) is 56.9 Å². The lowest BCUT2D eigenvalue weighted by Crippen LogP contribution is -2.41. The molecule has 0 saturated carbocycles. The van der Waals surface area contributed by atoms with Crippen LogP contribution in [0.3, 0.4) is 0 Å². The number of halogens is 2. The number of rotatable bonds is 18. The molecular formula is C54H52Cl2N8O11. The third kappa shape index (κ3) is 16.5. The van der Waals surface area contributed by atoms with E-state index in [9.17, 15) is 39.0 Å². The number of aliphatic carboxylic acids is 1. The van der Waals surface area contributed by atoms with Gasteiger partial charge in [0.1, 0.15) is 0 Å². The molecule has 9 N–H and O–H groups in total. The highest BCUT2D eigenvalue weighted by Gasteiger charge is 2.25. The van der Waals surface area contributed by atoms with E-state index in [4.69, 9.17) is 43.9 Å². The van der Waals surface area contributed by atoms with Gasteiger partial charge in [-0.25, -0.2) is 24.0 Å². The van der Waals surface area contributed by atoms with Crippen LogP contribution in [0.5, 0.6) is 0 Å². The molecule has 0 bridgehead atoms. The van der Waals surface area contributed by atoms with Gasteiger partial charge in [0.2, 0.25) is 11.6 Å². The fraction of sp³-hybridized carbons (Fsp3) is 0.185. The summed E-state index contributed by atoms with van der Waals surface area (Å²) in [7, 11) is 0. The van der Waals surface area contributed by atoms with E-state index in [0.717, 1.165) is 42.7 Å². The minimum atomic E-state index is -1.68. The number of ether oxygens (including phenoxy) is 1. The Hall–Kier alpha value is -8.46. The molecule has 19 nitrogen and oxygen atoms in total. The van der Waals surface area contributed by atoms with Gasteiger partial charge in [0.05, 0.1) is 18.0 Å². The Balaban J connectivity index is 0.000000201. The average molecular weight is 1060 g/mol. The van der Waals surface area contributed by atoms with Gasteiger partial charge in [-0.3, -0.25) is 14.8 Å². The second kappa shape index (κ2) is 27.0. The molecule has 6 aromatic carbocycles. The largest absolute Gasteiger partial charge is 0.479 e. The van der Waals surface area contributed by atoms with Crippen LogP contribution in [0.4, 0.5) is 0 Å². The summed E-state index contributed by atoms with van der Waals surface area (Å²) >= 11 is 12.1. The summed E-state index contributed by atoms with van der Waals surface area (Å²) in [6, 6.07) is 46.7. The van der Waals surface area contributed by atoms with Crippen LogP contribution < -0.4 is 22.4 Å². The summed E-state index contributed by atoms with van der Waals surface area (Å²) in [5.74, 6) is -4.57. The van der Waals surface area contributed by atoms with Gasteiger partial charge in [-0.1, -0.05) is 132 Å². The first kappa shape index (κ1) is 55.8. The third-order valence-corrected chi connectivity index (χ3v) is 11.5. The number of H-pyrrole nitrogens is 2. The molecule has 0 saturated heterocycles. The molecule has 2 aromatic heterocycles. The van der Waals surface area contributed by atoms with Gasteiger partial charge in [-0.05, 0) is 108 Å². The number of amides is 1. The molecule has 2 heterocycles. The molecule has 0 radical (unpaired) electrons. The van der Waals surface area contributed by atoms with Crippen LogP contribution in [-0.4, -0.2) is 105 Å². The number of benzene rings is 6. The maximum atomic E-state index is 12.9. The molecule has 1 amide bonds. The van der Waals surface area contributed by atoms with E-state index in [1.54, 1.807) is 73.7 Å². The molecule has 388 valence electrons. The Morgan fingerprint density at radius 1 is 0.613 bits per heavy atom. The second-order valence-electron chi connectivity index (χ2n) is 16.7. The van der Waals surface area contributed by atoms with Crippen LogP contribution in [0.1, 0.15) is 52.1 Å². The third-order valence-electron chi connectivity index (χ3n) is 11.1. The van der Waals surface area contributed by atoms with E-state index in [2.05, 4.69) is 25.5 Å². The SMILES string of the molecule is CCOC(=O)[C@H](O)C[C@H](N)Cc1ccc(-c2cccc(Cl)c2)cc1.O=C(N[C@H](Cc1ccc(-c2cccc(Cl)c2)cc1)C[C@@H](O)C(=O)O)c1nn(-c2ccccc2)c(=O)[nH]1.O=C(O)c1nn(-c2ccccc2)c(=O)[nH]1. The number of nitrogens with one attached hydrogen (secondary N) is 3. The number of carboxylic acid groups (broad SMARTS) is 2. The van der Waals surface area contributed by atoms with E-state index < -0.39 is 53.4 Å². The smallest absolute Gasteiger partial charge is 0.373 e. The van der Waals surface area contributed by atoms with Crippen molar-refractivity contribution in [1.82, 2.24) is 34.8 Å². The van der Waals surface area contributed by atoms with Crippen molar-refractivity contribution in [2.24, 2.45) is 5.73 Å². The number of hydrogen-bond acceptors (Lipinski definition) is 12.